The molecule has 0 spiro atoms. The van der Waals surface area contributed by atoms with Gasteiger partial charge in [0.05, 0.1) is 6.26 Å². The molecule has 6 nitrogen and oxygen atoms in total. The van der Waals surface area contributed by atoms with Crippen molar-refractivity contribution in [2.75, 3.05) is 5.32 Å². The standard InChI is InChI=1S/C23H15N3O3S/c27-21(20-6-3-11-28-20)26-23(30)24-17-9-10-19-18(13-17)25-22(29-19)16-8-7-14-4-1-2-5-15(14)12-16/h1-13H,(H2,24,26,27,30). The summed E-state index contributed by atoms with van der Waals surface area (Å²) in [7, 11) is 0. The molecule has 0 saturated heterocycles. The van der Waals surface area contributed by atoms with Gasteiger partial charge >= 0.3 is 0 Å². The van der Waals surface area contributed by atoms with Gasteiger partial charge in [-0.05, 0) is 65.5 Å². The van der Waals surface area contributed by atoms with Crippen molar-refractivity contribution >= 4 is 50.8 Å². The molecular formula is C23H15N3O3S. The summed E-state index contributed by atoms with van der Waals surface area (Å²) in [5.74, 6) is 0.311. The minimum Gasteiger partial charge on any atom is -0.459 e. The lowest BCUT2D eigenvalue weighted by atomic mass is 10.1. The van der Waals surface area contributed by atoms with Crippen molar-refractivity contribution in [3.8, 4) is 11.5 Å². The fourth-order valence-corrected chi connectivity index (χ4v) is 3.40. The van der Waals surface area contributed by atoms with Crippen molar-refractivity contribution < 1.29 is 13.6 Å². The third kappa shape index (κ3) is 3.54. The van der Waals surface area contributed by atoms with Crippen LogP contribution in [0.15, 0.2) is 87.9 Å². The first-order valence-corrected chi connectivity index (χ1v) is 9.62. The zero-order valence-electron chi connectivity index (χ0n) is 15.6. The molecule has 7 heteroatoms. The molecule has 30 heavy (non-hydrogen) atoms. The highest BCUT2D eigenvalue weighted by atomic mass is 32.1. The summed E-state index contributed by atoms with van der Waals surface area (Å²) in [6.45, 7) is 0. The van der Waals surface area contributed by atoms with Crippen molar-refractivity contribution in [2.24, 2.45) is 0 Å². The molecule has 0 aliphatic rings. The average Bonchev–Trinajstić information content (AvgIpc) is 3.43. The van der Waals surface area contributed by atoms with E-state index in [-0.39, 0.29) is 10.9 Å². The number of thiocarbonyl (C=S) groups is 1. The number of anilines is 1. The third-order valence-electron chi connectivity index (χ3n) is 4.61. The molecular weight excluding hydrogens is 398 g/mol. The number of hydrogen-bond donors (Lipinski definition) is 2. The van der Waals surface area contributed by atoms with Gasteiger partial charge in [-0.15, -0.1) is 0 Å². The number of hydrogen-bond acceptors (Lipinski definition) is 5. The topological polar surface area (TPSA) is 80.3 Å². The van der Waals surface area contributed by atoms with E-state index in [0.29, 0.717) is 22.7 Å². The zero-order valence-corrected chi connectivity index (χ0v) is 16.4. The Balaban J connectivity index is 1.37. The van der Waals surface area contributed by atoms with Crippen molar-refractivity contribution in [3.63, 3.8) is 0 Å². The van der Waals surface area contributed by atoms with Gasteiger partial charge in [0.1, 0.15) is 5.52 Å². The molecule has 0 unspecified atom stereocenters. The third-order valence-corrected chi connectivity index (χ3v) is 4.82. The largest absolute Gasteiger partial charge is 0.459 e. The molecule has 5 rings (SSSR count). The number of carbonyl (C=O) groups excluding carboxylic acids is 1. The van der Waals surface area contributed by atoms with Gasteiger partial charge in [0.15, 0.2) is 16.5 Å². The lowest BCUT2D eigenvalue weighted by Crippen LogP contribution is -2.33. The van der Waals surface area contributed by atoms with Crippen LogP contribution in [0.3, 0.4) is 0 Å². The second kappa shape index (κ2) is 7.46. The van der Waals surface area contributed by atoms with E-state index in [2.05, 4.69) is 33.8 Å². The zero-order chi connectivity index (χ0) is 20.5. The molecule has 2 heterocycles. The first-order valence-electron chi connectivity index (χ1n) is 9.21. The molecule has 146 valence electrons. The Hall–Kier alpha value is -3.97. The molecule has 0 saturated carbocycles. The highest BCUT2D eigenvalue weighted by Gasteiger charge is 2.12. The van der Waals surface area contributed by atoms with E-state index in [4.69, 9.17) is 21.1 Å². The number of fused-ring (bicyclic) bond motifs is 2. The molecule has 0 aliphatic carbocycles. The second-order valence-electron chi connectivity index (χ2n) is 6.65. The van der Waals surface area contributed by atoms with Gasteiger partial charge in [-0.2, -0.15) is 0 Å². The predicted molar refractivity (Wildman–Crippen MR) is 119 cm³/mol. The van der Waals surface area contributed by atoms with Gasteiger partial charge in [-0.1, -0.05) is 30.3 Å². The van der Waals surface area contributed by atoms with Crippen LogP contribution in [0.1, 0.15) is 10.6 Å². The number of aromatic nitrogens is 1. The van der Waals surface area contributed by atoms with Crippen LogP contribution in [0.4, 0.5) is 5.69 Å². The maximum absolute atomic E-state index is 12.0. The Morgan fingerprint density at radius 1 is 0.933 bits per heavy atom. The van der Waals surface area contributed by atoms with Crippen LogP contribution in [0.2, 0.25) is 0 Å². The summed E-state index contributed by atoms with van der Waals surface area (Å²) < 4.78 is 11.0. The van der Waals surface area contributed by atoms with Crippen molar-refractivity contribution in [3.05, 3.63) is 84.8 Å². The Labute approximate surface area is 176 Å². The number of oxazole rings is 1. The lowest BCUT2D eigenvalue weighted by Gasteiger charge is -2.08. The van der Waals surface area contributed by atoms with Crippen molar-refractivity contribution in [1.82, 2.24) is 10.3 Å². The van der Waals surface area contributed by atoms with E-state index in [9.17, 15) is 4.79 Å². The van der Waals surface area contributed by atoms with E-state index < -0.39 is 5.91 Å². The molecule has 5 aromatic rings. The van der Waals surface area contributed by atoms with Crippen LogP contribution in [0.25, 0.3) is 33.3 Å². The van der Waals surface area contributed by atoms with Gasteiger partial charge in [0.2, 0.25) is 5.89 Å². The molecule has 0 aliphatic heterocycles. The molecule has 0 atom stereocenters. The average molecular weight is 413 g/mol. The fourth-order valence-electron chi connectivity index (χ4n) is 3.19. The van der Waals surface area contributed by atoms with Crippen LogP contribution in [-0.4, -0.2) is 16.0 Å². The van der Waals surface area contributed by atoms with Crippen LogP contribution >= 0.6 is 12.2 Å². The quantitative estimate of drug-likeness (QED) is 0.387. The molecule has 2 N–H and O–H groups in total. The molecule has 0 fully saturated rings. The van der Waals surface area contributed by atoms with E-state index in [1.165, 1.54) is 6.26 Å². The molecule has 3 aromatic carbocycles. The molecule has 2 aromatic heterocycles. The Kier molecular flexibility index (Phi) is 4.49. The molecule has 0 bridgehead atoms. The van der Waals surface area contributed by atoms with Crippen molar-refractivity contribution in [2.45, 2.75) is 0 Å². The molecule has 0 radical (unpaired) electrons. The number of benzene rings is 3. The Bertz CT molecular complexity index is 1390. The minimum atomic E-state index is -0.418. The summed E-state index contributed by atoms with van der Waals surface area (Å²) in [4.78, 5) is 16.6. The number of rotatable bonds is 3. The van der Waals surface area contributed by atoms with Crippen LogP contribution in [0, 0.1) is 0 Å². The highest BCUT2D eigenvalue weighted by molar-refractivity contribution is 7.80. The second-order valence-corrected chi connectivity index (χ2v) is 7.06. The SMILES string of the molecule is O=C(NC(=S)Nc1ccc2oc(-c3ccc4ccccc4c3)nc2c1)c1ccco1. The van der Waals surface area contributed by atoms with Crippen LogP contribution < -0.4 is 10.6 Å². The minimum absolute atomic E-state index is 0.161. The van der Waals surface area contributed by atoms with Gasteiger partial charge in [0.25, 0.3) is 5.91 Å². The van der Waals surface area contributed by atoms with Gasteiger partial charge in [0, 0.05) is 11.3 Å². The van der Waals surface area contributed by atoms with E-state index in [1.54, 1.807) is 12.1 Å². The highest BCUT2D eigenvalue weighted by Crippen LogP contribution is 2.28. The first-order chi connectivity index (χ1) is 14.7. The maximum Gasteiger partial charge on any atom is 0.293 e. The summed E-state index contributed by atoms with van der Waals surface area (Å²) in [5, 5.41) is 7.99. The van der Waals surface area contributed by atoms with Crippen molar-refractivity contribution in [1.29, 1.82) is 0 Å². The number of amides is 1. The number of furan rings is 1. The summed E-state index contributed by atoms with van der Waals surface area (Å²) in [5.41, 5.74) is 2.93. The van der Waals surface area contributed by atoms with Crippen LogP contribution in [0.5, 0.6) is 0 Å². The number of nitrogens with zero attached hydrogens (tertiary/aromatic N) is 1. The maximum atomic E-state index is 12.0. The normalized spacial score (nSPS) is 10.9. The van der Waals surface area contributed by atoms with Gasteiger partial charge < -0.3 is 14.2 Å². The summed E-state index contributed by atoms with van der Waals surface area (Å²) in [6.07, 6.45) is 1.43. The lowest BCUT2D eigenvalue weighted by molar-refractivity contribution is 0.0950. The summed E-state index contributed by atoms with van der Waals surface area (Å²) in [6, 6.07) is 22.9. The number of carbonyl (C=O) groups is 1. The van der Waals surface area contributed by atoms with Crippen LogP contribution in [-0.2, 0) is 0 Å². The fraction of sp³-hybridized carbons (Fsp3) is 0. The molecule has 1 amide bonds. The Morgan fingerprint density at radius 3 is 2.63 bits per heavy atom. The van der Waals surface area contributed by atoms with E-state index in [0.717, 1.165) is 16.3 Å². The van der Waals surface area contributed by atoms with Gasteiger partial charge in [-0.3, -0.25) is 10.1 Å². The van der Waals surface area contributed by atoms with E-state index in [1.807, 2.05) is 42.5 Å². The smallest absolute Gasteiger partial charge is 0.293 e. The monoisotopic (exact) mass is 413 g/mol. The first kappa shape index (κ1) is 18.1. The number of nitrogens with one attached hydrogen (secondary N) is 2. The van der Waals surface area contributed by atoms with E-state index >= 15 is 0 Å². The van der Waals surface area contributed by atoms with Gasteiger partial charge in [-0.25, -0.2) is 4.98 Å². The predicted octanol–water partition coefficient (Wildman–Crippen LogP) is 5.37. The summed E-state index contributed by atoms with van der Waals surface area (Å²) >= 11 is 5.21. The Morgan fingerprint density at radius 2 is 1.80 bits per heavy atom.